The summed E-state index contributed by atoms with van der Waals surface area (Å²) in [6.07, 6.45) is 3.53. The molecule has 2 aromatic heterocycles. The molecule has 0 unspecified atom stereocenters. The van der Waals surface area contributed by atoms with E-state index in [2.05, 4.69) is 36.2 Å². The summed E-state index contributed by atoms with van der Waals surface area (Å²) in [5.74, 6) is 1.55. The molecule has 0 spiro atoms. The Morgan fingerprint density at radius 2 is 2.15 bits per heavy atom. The predicted octanol–water partition coefficient (Wildman–Crippen LogP) is 2.20. The van der Waals surface area contributed by atoms with Crippen molar-refractivity contribution in [3.8, 4) is 11.5 Å². The van der Waals surface area contributed by atoms with Crippen molar-refractivity contribution in [3.05, 3.63) is 35.7 Å². The molecule has 27 heavy (non-hydrogen) atoms. The minimum Gasteiger partial charge on any atom is -0.370 e. The van der Waals surface area contributed by atoms with E-state index in [1.54, 1.807) is 13.1 Å². The molecular weight excluding hydrogens is 340 g/mol. The van der Waals surface area contributed by atoms with Gasteiger partial charge >= 0.3 is 0 Å². The van der Waals surface area contributed by atoms with E-state index in [4.69, 9.17) is 9.97 Å². The van der Waals surface area contributed by atoms with E-state index >= 15 is 0 Å². The van der Waals surface area contributed by atoms with Gasteiger partial charge in [-0.1, -0.05) is 6.07 Å². The molecule has 1 atom stereocenters. The summed E-state index contributed by atoms with van der Waals surface area (Å²) < 4.78 is 0. The van der Waals surface area contributed by atoms with Crippen molar-refractivity contribution in [3.63, 3.8) is 0 Å². The number of rotatable bonds is 6. The minimum absolute atomic E-state index is 0.0768. The van der Waals surface area contributed by atoms with E-state index in [1.165, 1.54) is 0 Å². The molecule has 1 N–H and O–H groups in total. The Balaban J connectivity index is 1.89. The second kappa shape index (κ2) is 8.43. The van der Waals surface area contributed by atoms with Crippen LogP contribution in [0.5, 0.6) is 0 Å². The van der Waals surface area contributed by atoms with Crippen molar-refractivity contribution in [1.29, 1.82) is 0 Å². The van der Waals surface area contributed by atoms with Gasteiger partial charge in [0.05, 0.1) is 12.2 Å². The molecule has 0 saturated heterocycles. The molecule has 7 nitrogen and oxygen atoms in total. The van der Waals surface area contributed by atoms with E-state index in [0.29, 0.717) is 25.0 Å². The highest BCUT2D eigenvalue weighted by atomic mass is 16.2. The maximum Gasteiger partial charge on any atom is 0.219 e. The number of anilines is 1. The Hall–Kier alpha value is -2.54. The average molecular weight is 368 g/mol. The molecule has 3 heterocycles. The molecule has 0 bridgehead atoms. The van der Waals surface area contributed by atoms with Gasteiger partial charge in [0.1, 0.15) is 11.5 Å². The summed E-state index contributed by atoms with van der Waals surface area (Å²) in [4.78, 5) is 29.7. The van der Waals surface area contributed by atoms with Crippen molar-refractivity contribution in [1.82, 2.24) is 24.8 Å². The highest BCUT2D eigenvalue weighted by molar-refractivity contribution is 5.74. The van der Waals surface area contributed by atoms with Gasteiger partial charge in [-0.15, -0.1) is 0 Å². The van der Waals surface area contributed by atoms with E-state index in [1.807, 2.05) is 23.1 Å². The average Bonchev–Trinajstić information content (AvgIpc) is 2.67. The monoisotopic (exact) mass is 368 g/mol. The molecular formula is C20H28N6O. The number of fused-ring (bicyclic) bond motifs is 1. The van der Waals surface area contributed by atoms with Crippen LogP contribution in [0.25, 0.3) is 11.5 Å². The molecule has 0 aromatic carbocycles. The molecule has 0 saturated carbocycles. The van der Waals surface area contributed by atoms with Gasteiger partial charge in [-0.3, -0.25) is 9.78 Å². The highest BCUT2D eigenvalue weighted by Crippen LogP contribution is 2.26. The predicted molar refractivity (Wildman–Crippen MR) is 106 cm³/mol. The zero-order chi connectivity index (χ0) is 19.4. The summed E-state index contributed by atoms with van der Waals surface area (Å²) in [6.45, 7) is 5.88. The van der Waals surface area contributed by atoms with E-state index < -0.39 is 0 Å². The largest absolute Gasteiger partial charge is 0.370 e. The van der Waals surface area contributed by atoms with Crippen LogP contribution in [0.1, 0.15) is 31.5 Å². The maximum absolute atomic E-state index is 11.8. The van der Waals surface area contributed by atoms with E-state index in [-0.39, 0.29) is 5.91 Å². The minimum atomic E-state index is 0.0768. The van der Waals surface area contributed by atoms with Gasteiger partial charge in [-0.25, -0.2) is 9.97 Å². The number of amides is 1. The Morgan fingerprint density at radius 1 is 1.33 bits per heavy atom. The summed E-state index contributed by atoms with van der Waals surface area (Å²) in [5, 5.41) is 3.50. The normalized spacial score (nSPS) is 14.8. The molecule has 1 amide bonds. The number of nitrogens with one attached hydrogen (secondary N) is 1. The zero-order valence-corrected chi connectivity index (χ0v) is 16.6. The van der Waals surface area contributed by atoms with Crippen molar-refractivity contribution in [2.24, 2.45) is 0 Å². The second-order valence-electron chi connectivity index (χ2n) is 7.25. The number of nitrogens with zero attached hydrogens (tertiary/aromatic N) is 5. The first-order chi connectivity index (χ1) is 13.0. The zero-order valence-electron chi connectivity index (χ0n) is 16.6. The van der Waals surface area contributed by atoms with Gasteiger partial charge in [0, 0.05) is 37.8 Å². The van der Waals surface area contributed by atoms with Crippen molar-refractivity contribution >= 4 is 11.7 Å². The Morgan fingerprint density at radius 3 is 2.81 bits per heavy atom. The van der Waals surface area contributed by atoms with Crippen molar-refractivity contribution < 1.29 is 4.79 Å². The summed E-state index contributed by atoms with van der Waals surface area (Å²) in [5.41, 5.74) is 2.77. The fraction of sp³-hybridized carbons (Fsp3) is 0.500. The number of aromatic nitrogens is 3. The maximum atomic E-state index is 11.8. The smallest absolute Gasteiger partial charge is 0.219 e. The van der Waals surface area contributed by atoms with Crippen LogP contribution < -0.4 is 5.32 Å². The molecule has 2 aromatic rings. The number of pyridine rings is 1. The molecule has 3 rings (SSSR count). The van der Waals surface area contributed by atoms with Crippen LogP contribution in [0.15, 0.2) is 24.4 Å². The lowest BCUT2D eigenvalue weighted by Crippen LogP contribution is -2.35. The molecule has 1 aliphatic heterocycles. The first-order valence-electron chi connectivity index (χ1n) is 9.42. The van der Waals surface area contributed by atoms with E-state index in [0.717, 1.165) is 42.2 Å². The summed E-state index contributed by atoms with van der Waals surface area (Å²) >= 11 is 0. The Labute approximate surface area is 160 Å². The fourth-order valence-corrected chi connectivity index (χ4v) is 3.11. The second-order valence-corrected chi connectivity index (χ2v) is 7.25. The van der Waals surface area contributed by atoms with Gasteiger partial charge in [-0.2, -0.15) is 0 Å². The third-order valence-electron chi connectivity index (χ3n) is 5.14. The Bertz CT molecular complexity index is 793. The fourth-order valence-electron chi connectivity index (χ4n) is 3.11. The summed E-state index contributed by atoms with van der Waals surface area (Å²) in [7, 11) is 4.18. The topological polar surface area (TPSA) is 74.2 Å². The van der Waals surface area contributed by atoms with Crippen LogP contribution >= 0.6 is 0 Å². The lowest BCUT2D eigenvalue weighted by molar-refractivity contribution is -0.129. The van der Waals surface area contributed by atoms with Gasteiger partial charge < -0.3 is 15.1 Å². The lowest BCUT2D eigenvalue weighted by Gasteiger charge is -2.29. The van der Waals surface area contributed by atoms with Crippen LogP contribution in [0.2, 0.25) is 0 Å². The molecule has 7 heteroatoms. The molecule has 0 radical (unpaired) electrons. The molecule has 0 fully saturated rings. The van der Waals surface area contributed by atoms with Gasteiger partial charge in [-0.05, 0) is 46.0 Å². The third kappa shape index (κ3) is 4.60. The number of hydrogen-bond acceptors (Lipinski definition) is 6. The van der Waals surface area contributed by atoms with Gasteiger partial charge in [0.25, 0.3) is 0 Å². The van der Waals surface area contributed by atoms with E-state index in [9.17, 15) is 4.79 Å². The quantitative estimate of drug-likeness (QED) is 0.843. The molecule has 0 aliphatic carbocycles. The van der Waals surface area contributed by atoms with Crippen LogP contribution in [-0.2, 0) is 17.8 Å². The molecule has 1 aliphatic rings. The first kappa shape index (κ1) is 19.2. The Kier molecular flexibility index (Phi) is 6.01. The van der Waals surface area contributed by atoms with Gasteiger partial charge in [0.2, 0.25) is 5.91 Å². The van der Waals surface area contributed by atoms with Crippen molar-refractivity contribution in [2.75, 3.05) is 32.5 Å². The number of carbonyl (C=O) groups excluding carboxylic acids is 1. The third-order valence-corrected chi connectivity index (χ3v) is 5.14. The standard InChI is InChI=1S/C20H28N6O/c1-14(25(3)4)8-11-22-19-16-9-12-26(15(2)27)13-18(16)23-20(24-19)17-7-5-6-10-21-17/h5-7,10,14H,8-9,11-13H2,1-4H3,(H,22,23,24)/t14-/m1/s1. The highest BCUT2D eigenvalue weighted by Gasteiger charge is 2.24. The van der Waals surface area contributed by atoms with Crippen molar-refractivity contribution in [2.45, 2.75) is 39.3 Å². The summed E-state index contributed by atoms with van der Waals surface area (Å²) in [6, 6.07) is 6.20. The number of hydrogen-bond donors (Lipinski definition) is 1. The van der Waals surface area contributed by atoms with Crippen LogP contribution in [0, 0.1) is 0 Å². The van der Waals surface area contributed by atoms with Crippen LogP contribution in [0.3, 0.4) is 0 Å². The van der Waals surface area contributed by atoms with Crippen LogP contribution in [0.4, 0.5) is 5.82 Å². The lowest BCUT2D eigenvalue weighted by atomic mass is 10.0. The number of carbonyl (C=O) groups is 1. The van der Waals surface area contributed by atoms with Crippen LogP contribution in [-0.4, -0.2) is 63.9 Å². The van der Waals surface area contributed by atoms with Gasteiger partial charge in [0.15, 0.2) is 5.82 Å². The SMILES string of the molecule is CC(=O)N1CCc2c(nc(-c3ccccn3)nc2NCC[C@@H](C)N(C)C)C1. The first-order valence-corrected chi connectivity index (χ1v) is 9.42. The molecule has 144 valence electrons.